The summed E-state index contributed by atoms with van der Waals surface area (Å²) in [5.74, 6) is 0. The molecule has 0 atom stereocenters. The lowest BCUT2D eigenvalue weighted by Gasteiger charge is -2.34. The van der Waals surface area contributed by atoms with Gasteiger partial charge in [-0.15, -0.1) is 11.3 Å². The molecule has 1 saturated carbocycles. The van der Waals surface area contributed by atoms with Gasteiger partial charge in [-0.05, 0) is 26.9 Å². The molecule has 3 nitrogen and oxygen atoms in total. The van der Waals surface area contributed by atoms with Crippen molar-refractivity contribution >= 4 is 11.3 Å². The van der Waals surface area contributed by atoms with Crippen LogP contribution in [0.4, 0.5) is 0 Å². The van der Waals surface area contributed by atoms with Crippen LogP contribution in [0.1, 0.15) is 30.0 Å². The van der Waals surface area contributed by atoms with Crippen LogP contribution in [0.2, 0.25) is 0 Å². The van der Waals surface area contributed by atoms with Gasteiger partial charge < -0.3 is 5.32 Å². The van der Waals surface area contributed by atoms with Crippen molar-refractivity contribution in [2.45, 2.75) is 38.4 Å². The number of aromatic nitrogens is 1. The Balaban J connectivity index is 1.86. The largest absolute Gasteiger partial charge is 0.314 e. The summed E-state index contributed by atoms with van der Waals surface area (Å²) in [7, 11) is 4.17. The summed E-state index contributed by atoms with van der Waals surface area (Å²) in [4.78, 5) is 7.03. The monoisotopic (exact) mass is 225 g/mol. The fourth-order valence-electron chi connectivity index (χ4n) is 1.87. The van der Waals surface area contributed by atoms with Crippen molar-refractivity contribution in [3.63, 3.8) is 0 Å². The minimum absolute atomic E-state index is 0.805. The van der Waals surface area contributed by atoms with Gasteiger partial charge in [0.25, 0.3) is 0 Å². The summed E-state index contributed by atoms with van der Waals surface area (Å²) in [6, 6.07) is 0.805. The number of thiazole rings is 1. The molecule has 0 aromatic carbocycles. The lowest BCUT2D eigenvalue weighted by atomic mass is 9.92. The van der Waals surface area contributed by atoms with Crippen molar-refractivity contribution in [2.24, 2.45) is 0 Å². The smallest absolute Gasteiger partial charge is 0.107 e. The Morgan fingerprint density at radius 3 is 3.00 bits per heavy atom. The molecule has 1 aromatic heterocycles. The van der Waals surface area contributed by atoms with Gasteiger partial charge in [-0.3, -0.25) is 4.90 Å². The van der Waals surface area contributed by atoms with Crippen molar-refractivity contribution in [3.05, 3.63) is 16.1 Å². The van der Waals surface area contributed by atoms with Gasteiger partial charge in [0.15, 0.2) is 0 Å². The van der Waals surface area contributed by atoms with Gasteiger partial charge in [0.05, 0.1) is 5.69 Å². The zero-order valence-electron chi connectivity index (χ0n) is 9.49. The summed E-state index contributed by atoms with van der Waals surface area (Å²) >= 11 is 1.75. The Morgan fingerprint density at radius 2 is 2.40 bits per heavy atom. The van der Waals surface area contributed by atoms with Gasteiger partial charge in [-0.2, -0.15) is 0 Å². The van der Waals surface area contributed by atoms with Crippen LogP contribution in [0.5, 0.6) is 0 Å². The minimum Gasteiger partial charge on any atom is -0.314 e. The average Bonchev–Trinajstić information content (AvgIpc) is 2.49. The molecule has 84 valence electrons. The topological polar surface area (TPSA) is 28.2 Å². The molecule has 0 spiro atoms. The van der Waals surface area contributed by atoms with E-state index >= 15 is 0 Å². The van der Waals surface area contributed by atoms with E-state index in [4.69, 9.17) is 0 Å². The van der Waals surface area contributed by atoms with E-state index in [0.29, 0.717) is 0 Å². The normalized spacial score (nSPS) is 17.0. The molecule has 0 saturated heterocycles. The molecule has 1 heterocycles. The molecule has 1 aliphatic carbocycles. The van der Waals surface area contributed by atoms with Gasteiger partial charge in [0.2, 0.25) is 0 Å². The van der Waals surface area contributed by atoms with Gasteiger partial charge in [-0.1, -0.05) is 6.42 Å². The van der Waals surface area contributed by atoms with Crippen molar-refractivity contribution in [1.82, 2.24) is 15.2 Å². The zero-order chi connectivity index (χ0) is 10.7. The number of nitrogens with one attached hydrogen (secondary N) is 1. The zero-order valence-corrected chi connectivity index (χ0v) is 10.3. The third-order valence-electron chi connectivity index (χ3n) is 3.04. The van der Waals surface area contributed by atoms with E-state index in [9.17, 15) is 0 Å². The van der Waals surface area contributed by atoms with E-state index in [1.807, 2.05) is 7.05 Å². The van der Waals surface area contributed by atoms with Crippen molar-refractivity contribution in [3.8, 4) is 0 Å². The van der Waals surface area contributed by atoms with E-state index in [1.54, 1.807) is 11.3 Å². The molecular weight excluding hydrogens is 206 g/mol. The lowest BCUT2D eigenvalue weighted by Crippen LogP contribution is -2.36. The molecule has 4 heteroatoms. The third kappa shape index (κ3) is 2.77. The molecule has 1 aromatic rings. The maximum Gasteiger partial charge on any atom is 0.107 e. The summed E-state index contributed by atoms with van der Waals surface area (Å²) < 4.78 is 0. The molecule has 0 aliphatic heterocycles. The summed E-state index contributed by atoms with van der Waals surface area (Å²) in [6.45, 7) is 1.89. The molecule has 2 rings (SSSR count). The predicted molar refractivity (Wildman–Crippen MR) is 64.0 cm³/mol. The second-order valence-corrected chi connectivity index (χ2v) is 5.21. The first-order valence-corrected chi connectivity index (χ1v) is 6.45. The van der Waals surface area contributed by atoms with Gasteiger partial charge in [0.1, 0.15) is 5.01 Å². The first kappa shape index (κ1) is 11.0. The lowest BCUT2D eigenvalue weighted by molar-refractivity contribution is 0.151. The van der Waals surface area contributed by atoms with Crippen LogP contribution in [-0.2, 0) is 13.1 Å². The highest BCUT2D eigenvalue weighted by Gasteiger charge is 2.22. The molecule has 15 heavy (non-hydrogen) atoms. The highest BCUT2D eigenvalue weighted by atomic mass is 32.1. The van der Waals surface area contributed by atoms with Crippen LogP contribution < -0.4 is 5.32 Å². The number of hydrogen-bond donors (Lipinski definition) is 1. The SMILES string of the molecule is CNCc1nc(CN(C)C2CCC2)cs1. The maximum atomic E-state index is 4.60. The van der Waals surface area contributed by atoms with E-state index in [2.05, 4.69) is 27.6 Å². The van der Waals surface area contributed by atoms with Gasteiger partial charge in [0, 0.05) is 24.5 Å². The van der Waals surface area contributed by atoms with Crippen molar-refractivity contribution in [1.29, 1.82) is 0 Å². The third-order valence-corrected chi connectivity index (χ3v) is 3.93. The Bertz CT molecular complexity index is 307. The summed E-state index contributed by atoms with van der Waals surface area (Å²) in [6.07, 6.45) is 4.13. The molecule has 1 fully saturated rings. The van der Waals surface area contributed by atoms with Crippen LogP contribution in [0.25, 0.3) is 0 Å². The highest BCUT2D eigenvalue weighted by molar-refractivity contribution is 7.09. The van der Waals surface area contributed by atoms with Crippen LogP contribution in [0.15, 0.2) is 5.38 Å². The average molecular weight is 225 g/mol. The number of hydrogen-bond acceptors (Lipinski definition) is 4. The molecule has 1 N–H and O–H groups in total. The van der Waals surface area contributed by atoms with Crippen LogP contribution >= 0.6 is 11.3 Å². The van der Waals surface area contributed by atoms with E-state index in [-0.39, 0.29) is 0 Å². The number of rotatable bonds is 5. The molecule has 0 bridgehead atoms. The minimum atomic E-state index is 0.805. The quantitative estimate of drug-likeness (QED) is 0.829. The summed E-state index contributed by atoms with van der Waals surface area (Å²) in [5, 5.41) is 6.50. The predicted octanol–water partition coefficient (Wildman–Crippen LogP) is 1.85. The second-order valence-electron chi connectivity index (χ2n) is 4.26. The van der Waals surface area contributed by atoms with Gasteiger partial charge >= 0.3 is 0 Å². The highest BCUT2D eigenvalue weighted by Crippen LogP contribution is 2.25. The first-order valence-electron chi connectivity index (χ1n) is 5.57. The molecule has 0 amide bonds. The van der Waals surface area contributed by atoms with Crippen LogP contribution in [0, 0.1) is 0 Å². The fraction of sp³-hybridized carbons (Fsp3) is 0.727. The first-order chi connectivity index (χ1) is 7.29. The van der Waals surface area contributed by atoms with E-state index in [1.165, 1.54) is 30.0 Å². The Morgan fingerprint density at radius 1 is 1.60 bits per heavy atom. The van der Waals surface area contributed by atoms with Crippen molar-refractivity contribution < 1.29 is 0 Å². The Kier molecular flexibility index (Phi) is 3.72. The van der Waals surface area contributed by atoms with Crippen LogP contribution in [0.3, 0.4) is 0 Å². The Labute approximate surface area is 95.5 Å². The fourth-order valence-corrected chi connectivity index (χ4v) is 2.66. The molecular formula is C11H19N3S. The standard InChI is InChI=1S/C11H19N3S/c1-12-6-11-13-9(8-15-11)7-14(2)10-4-3-5-10/h8,10,12H,3-7H2,1-2H3. The maximum absolute atomic E-state index is 4.60. The Hall–Kier alpha value is -0.450. The summed E-state index contributed by atoms with van der Waals surface area (Å²) in [5.41, 5.74) is 1.22. The van der Waals surface area contributed by atoms with E-state index < -0.39 is 0 Å². The second kappa shape index (κ2) is 5.05. The molecule has 1 aliphatic rings. The molecule has 0 unspecified atom stereocenters. The van der Waals surface area contributed by atoms with E-state index in [0.717, 1.165) is 19.1 Å². The van der Waals surface area contributed by atoms with Gasteiger partial charge in [-0.25, -0.2) is 4.98 Å². The van der Waals surface area contributed by atoms with Crippen molar-refractivity contribution in [2.75, 3.05) is 14.1 Å². The number of nitrogens with zero attached hydrogens (tertiary/aromatic N) is 2. The molecule has 0 radical (unpaired) electrons. The van der Waals surface area contributed by atoms with Crippen LogP contribution in [-0.4, -0.2) is 30.0 Å².